The average molecular weight is 360 g/mol. The lowest BCUT2D eigenvalue weighted by molar-refractivity contribution is -0.131. The molecule has 0 aliphatic carbocycles. The van der Waals surface area contributed by atoms with Crippen LogP contribution in [0.25, 0.3) is 11.1 Å². The number of rotatable bonds is 4. The van der Waals surface area contributed by atoms with Gasteiger partial charge in [-0.05, 0) is 38.0 Å². The Kier molecular flexibility index (Phi) is 5.94. The third-order valence-electron chi connectivity index (χ3n) is 3.46. The van der Waals surface area contributed by atoms with Crippen molar-refractivity contribution in [3.63, 3.8) is 0 Å². The van der Waals surface area contributed by atoms with Crippen molar-refractivity contribution in [3.8, 4) is 11.1 Å². The Morgan fingerprint density at radius 2 is 1.69 bits per heavy atom. The molecule has 7 heteroatoms. The molecule has 0 radical (unpaired) electrons. The first-order chi connectivity index (χ1) is 12.2. The molecule has 1 unspecified atom stereocenters. The van der Waals surface area contributed by atoms with Crippen LogP contribution in [-0.2, 0) is 9.53 Å². The van der Waals surface area contributed by atoms with E-state index in [4.69, 9.17) is 9.94 Å². The number of amides is 2. The SMILES string of the molecule is CC(C)(C)OC(=O)NC(C(=O)NO)c1ccc(-c2ccccc2F)cc1. The van der Waals surface area contributed by atoms with E-state index in [1.54, 1.807) is 63.2 Å². The van der Waals surface area contributed by atoms with Crippen molar-refractivity contribution in [1.29, 1.82) is 0 Å². The summed E-state index contributed by atoms with van der Waals surface area (Å²) >= 11 is 0. The van der Waals surface area contributed by atoms with Crippen molar-refractivity contribution >= 4 is 12.0 Å². The molecule has 2 aromatic carbocycles. The Balaban J connectivity index is 2.25. The molecular formula is C19H21FN2O4. The molecule has 0 fully saturated rings. The second-order valence-corrected chi connectivity index (χ2v) is 6.66. The summed E-state index contributed by atoms with van der Waals surface area (Å²) in [6.45, 7) is 5.07. The molecule has 1 atom stereocenters. The van der Waals surface area contributed by atoms with Gasteiger partial charge in [-0.2, -0.15) is 0 Å². The first-order valence-electron chi connectivity index (χ1n) is 7.99. The highest BCUT2D eigenvalue weighted by Gasteiger charge is 2.25. The number of carbonyl (C=O) groups is 2. The zero-order chi connectivity index (χ0) is 19.3. The van der Waals surface area contributed by atoms with E-state index in [1.165, 1.54) is 11.5 Å². The number of carbonyl (C=O) groups excluding carboxylic acids is 2. The summed E-state index contributed by atoms with van der Waals surface area (Å²) in [4.78, 5) is 23.9. The van der Waals surface area contributed by atoms with Gasteiger partial charge in [0, 0.05) is 5.56 Å². The van der Waals surface area contributed by atoms with E-state index in [-0.39, 0.29) is 5.82 Å². The molecule has 0 aliphatic heterocycles. The monoisotopic (exact) mass is 360 g/mol. The Hall–Kier alpha value is -2.93. The third kappa shape index (κ3) is 5.03. The van der Waals surface area contributed by atoms with Gasteiger partial charge in [0.2, 0.25) is 0 Å². The molecule has 3 N–H and O–H groups in total. The van der Waals surface area contributed by atoms with Crippen LogP contribution in [0.4, 0.5) is 9.18 Å². The standard InChI is InChI=1S/C19H21FN2O4/c1-19(2,3)26-18(24)21-16(17(23)22-25)13-10-8-12(9-11-13)14-6-4-5-7-15(14)20/h4-11,16,25H,1-3H3,(H,21,24)(H,22,23). The van der Waals surface area contributed by atoms with Gasteiger partial charge in [-0.3, -0.25) is 10.0 Å². The lowest BCUT2D eigenvalue weighted by atomic mass is 10.00. The summed E-state index contributed by atoms with van der Waals surface area (Å²) in [5.41, 5.74) is 2.22. The summed E-state index contributed by atoms with van der Waals surface area (Å²) in [6.07, 6.45) is -0.802. The van der Waals surface area contributed by atoms with Crippen LogP contribution < -0.4 is 10.8 Å². The number of benzene rings is 2. The van der Waals surface area contributed by atoms with E-state index >= 15 is 0 Å². The molecule has 0 saturated carbocycles. The lowest BCUT2D eigenvalue weighted by Crippen LogP contribution is -2.41. The Morgan fingerprint density at radius 1 is 1.08 bits per heavy atom. The van der Waals surface area contributed by atoms with Crippen LogP contribution in [-0.4, -0.2) is 22.8 Å². The van der Waals surface area contributed by atoms with Gasteiger partial charge in [-0.25, -0.2) is 14.7 Å². The van der Waals surface area contributed by atoms with E-state index in [9.17, 15) is 14.0 Å². The molecule has 0 spiro atoms. The Bertz CT molecular complexity index is 785. The molecule has 0 bridgehead atoms. The zero-order valence-corrected chi connectivity index (χ0v) is 14.7. The fourth-order valence-corrected chi connectivity index (χ4v) is 2.34. The molecule has 0 aromatic heterocycles. The second-order valence-electron chi connectivity index (χ2n) is 6.66. The minimum Gasteiger partial charge on any atom is -0.444 e. The van der Waals surface area contributed by atoms with Crippen LogP contribution in [0.3, 0.4) is 0 Å². The summed E-state index contributed by atoms with van der Waals surface area (Å²) < 4.78 is 19.0. The molecule has 0 heterocycles. The predicted molar refractivity (Wildman–Crippen MR) is 93.9 cm³/mol. The average Bonchev–Trinajstić information content (AvgIpc) is 2.58. The number of alkyl carbamates (subject to hydrolysis) is 1. The highest BCUT2D eigenvalue weighted by atomic mass is 19.1. The number of ether oxygens (including phenoxy) is 1. The van der Waals surface area contributed by atoms with Gasteiger partial charge in [-0.15, -0.1) is 0 Å². The van der Waals surface area contributed by atoms with Crippen LogP contribution in [0.2, 0.25) is 0 Å². The molecule has 0 aliphatic rings. The quantitative estimate of drug-likeness (QED) is 0.575. The Morgan fingerprint density at radius 3 is 2.23 bits per heavy atom. The van der Waals surface area contributed by atoms with Gasteiger partial charge >= 0.3 is 6.09 Å². The van der Waals surface area contributed by atoms with Gasteiger partial charge in [-0.1, -0.05) is 42.5 Å². The van der Waals surface area contributed by atoms with Crippen molar-refractivity contribution in [3.05, 3.63) is 59.9 Å². The fraction of sp³-hybridized carbons (Fsp3) is 0.263. The van der Waals surface area contributed by atoms with E-state index in [0.29, 0.717) is 16.7 Å². The number of hydroxylamine groups is 1. The number of nitrogens with one attached hydrogen (secondary N) is 2. The number of hydrogen-bond donors (Lipinski definition) is 3. The van der Waals surface area contributed by atoms with Crippen LogP contribution in [0.15, 0.2) is 48.5 Å². The molecule has 6 nitrogen and oxygen atoms in total. The van der Waals surface area contributed by atoms with Crippen molar-refractivity contribution in [2.75, 3.05) is 0 Å². The highest BCUT2D eigenvalue weighted by Crippen LogP contribution is 2.24. The fourth-order valence-electron chi connectivity index (χ4n) is 2.34. The smallest absolute Gasteiger partial charge is 0.408 e. The predicted octanol–water partition coefficient (Wildman–Crippen LogP) is 3.56. The number of halogens is 1. The Labute approximate surface area is 150 Å². The van der Waals surface area contributed by atoms with Gasteiger partial charge < -0.3 is 10.1 Å². The van der Waals surface area contributed by atoms with Crippen LogP contribution in [0, 0.1) is 5.82 Å². The number of hydrogen-bond acceptors (Lipinski definition) is 4. The third-order valence-corrected chi connectivity index (χ3v) is 3.46. The van der Waals surface area contributed by atoms with E-state index in [2.05, 4.69) is 5.32 Å². The first-order valence-corrected chi connectivity index (χ1v) is 7.99. The normalized spacial score (nSPS) is 12.2. The first kappa shape index (κ1) is 19.4. The molecule has 2 aromatic rings. The molecule has 2 rings (SSSR count). The van der Waals surface area contributed by atoms with Gasteiger partial charge in [0.25, 0.3) is 5.91 Å². The van der Waals surface area contributed by atoms with Gasteiger partial charge in [0.1, 0.15) is 17.5 Å². The van der Waals surface area contributed by atoms with Gasteiger partial charge in [0.05, 0.1) is 0 Å². The lowest BCUT2D eigenvalue weighted by Gasteiger charge is -2.23. The zero-order valence-electron chi connectivity index (χ0n) is 14.7. The maximum absolute atomic E-state index is 13.9. The molecule has 2 amide bonds. The highest BCUT2D eigenvalue weighted by molar-refractivity contribution is 5.86. The summed E-state index contributed by atoms with van der Waals surface area (Å²) in [6, 6.07) is 11.5. The van der Waals surface area contributed by atoms with E-state index < -0.39 is 23.6 Å². The summed E-state index contributed by atoms with van der Waals surface area (Å²) in [5, 5.41) is 11.3. The summed E-state index contributed by atoms with van der Waals surface area (Å²) in [7, 11) is 0. The molecule has 0 saturated heterocycles. The second kappa shape index (κ2) is 7.97. The maximum atomic E-state index is 13.9. The largest absolute Gasteiger partial charge is 0.444 e. The molecular weight excluding hydrogens is 339 g/mol. The maximum Gasteiger partial charge on any atom is 0.408 e. The van der Waals surface area contributed by atoms with Crippen LogP contribution >= 0.6 is 0 Å². The van der Waals surface area contributed by atoms with Crippen LogP contribution in [0.5, 0.6) is 0 Å². The summed E-state index contributed by atoms with van der Waals surface area (Å²) in [5.74, 6) is -1.19. The van der Waals surface area contributed by atoms with Crippen molar-refractivity contribution in [2.24, 2.45) is 0 Å². The molecule has 26 heavy (non-hydrogen) atoms. The minimum absolute atomic E-state index is 0.364. The van der Waals surface area contributed by atoms with Crippen LogP contribution in [0.1, 0.15) is 32.4 Å². The van der Waals surface area contributed by atoms with Crippen molar-refractivity contribution < 1.29 is 23.9 Å². The minimum atomic E-state index is -1.16. The van der Waals surface area contributed by atoms with Crippen molar-refractivity contribution in [1.82, 2.24) is 10.8 Å². The van der Waals surface area contributed by atoms with E-state index in [0.717, 1.165) is 0 Å². The molecule has 138 valence electrons. The van der Waals surface area contributed by atoms with Crippen molar-refractivity contribution in [2.45, 2.75) is 32.4 Å². The van der Waals surface area contributed by atoms with Gasteiger partial charge in [0.15, 0.2) is 0 Å². The van der Waals surface area contributed by atoms with E-state index in [1.807, 2.05) is 0 Å². The topological polar surface area (TPSA) is 87.7 Å².